The Morgan fingerprint density at radius 2 is 2.21 bits per heavy atom. The molecule has 0 aromatic carbocycles. The van der Waals surface area contributed by atoms with E-state index in [9.17, 15) is 0 Å². The molecule has 2 rings (SSSR count). The zero-order valence-electron chi connectivity index (χ0n) is 11.2. The highest BCUT2D eigenvalue weighted by atomic mass is 79.9. The van der Waals surface area contributed by atoms with Gasteiger partial charge in [-0.2, -0.15) is 5.10 Å². The largest absolute Gasteiger partial charge is 0.305 e. The molecule has 19 heavy (non-hydrogen) atoms. The maximum atomic E-state index is 6.35. The lowest BCUT2D eigenvalue weighted by Gasteiger charge is -2.20. The number of thiophene rings is 1. The third-order valence-electron chi connectivity index (χ3n) is 2.84. The maximum absolute atomic E-state index is 6.35. The van der Waals surface area contributed by atoms with Crippen LogP contribution >= 0.6 is 38.9 Å². The number of hydrogen-bond acceptors (Lipinski definition) is 3. The van der Waals surface area contributed by atoms with E-state index in [1.165, 1.54) is 4.88 Å². The summed E-state index contributed by atoms with van der Waals surface area (Å²) in [7, 11) is 0. The van der Waals surface area contributed by atoms with Gasteiger partial charge in [-0.3, -0.25) is 4.68 Å². The van der Waals surface area contributed by atoms with Gasteiger partial charge >= 0.3 is 0 Å². The highest BCUT2D eigenvalue weighted by molar-refractivity contribution is 9.11. The summed E-state index contributed by atoms with van der Waals surface area (Å²) in [5, 5.41) is 8.60. The summed E-state index contributed by atoms with van der Waals surface area (Å²) < 4.78 is 3.11. The quantitative estimate of drug-likeness (QED) is 0.839. The standard InChI is InChI=1S/C13H17BrClN3S/c1-4-16-12(10-5-6-11(14)19-10)13-9(15)7-17-18(13)8(2)3/h5-8,12,16H,4H2,1-3H3. The Kier molecular flexibility index (Phi) is 5.06. The molecule has 0 fully saturated rings. The lowest BCUT2D eigenvalue weighted by atomic mass is 10.1. The summed E-state index contributed by atoms with van der Waals surface area (Å²) in [6.07, 6.45) is 1.73. The minimum atomic E-state index is 0.0821. The first-order valence-electron chi connectivity index (χ1n) is 6.26. The lowest BCUT2D eigenvalue weighted by Crippen LogP contribution is -2.25. The number of rotatable bonds is 5. The van der Waals surface area contributed by atoms with Gasteiger partial charge in [-0.1, -0.05) is 18.5 Å². The van der Waals surface area contributed by atoms with Crippen molar-refractivity contribution in [2.45, 2.75) is 32.9 Å². The molecule has 104 valence electrons. The van der Waals surface area contributed by atoms with Crippen LogP contribution in [0, 0.1) is 0 Å². The Bertz CT molecular complexity index is 550. The van der Waals surface area contributed by atoms with Crippen LogP contribution in [0.15, 0.2) is 22.1 Å². The van der Waals surface area contributed by atoms with Crippen molar-refractivity contribution in [3.63, 3.8) is 0 Å². The molecular formula is C13H17BrClN3S. The van der Waals surface area contributed by atoms with E-state index in [1.807, 2.05) is 4.68 Å². The van der Waals surface area contributed by atoms with Crippen molar-refractivity contribution in [2.75, 3.05) is 6.54 Å². The van der Waals surface area contributed by atoms with Crippen LogP contribution in [0.25, 0.3) is 0 Å². The molecule has 1 N–H and O–H groups in total. The second kappa shape index (κ2) is 6.39. The molecule has 6 heteroatoms. The van der Waals surface area contributed by atoms with E-state index in [-0.39, 0.29) is 12.1 Å². The lowest BCUT2D eigenvalue weighted by molar-refractivity contribution is 0.478. The van der Waals surface area contributed by atoms with E-state index in [4.69, 9.17) is 11.6 Å². The molecule has 0 bridgehead atoms. The third kappa shape index (κ3) is 3.21. The molecular weight excluding hydrogens is 346 g/mol. The first-order valence-corrected chi connectivity index (χ1v) is 8.24. The summed E-state index contributed by atoms with van der Waals surface area (Å²) in [5.74, 6) is 0. The van der Waals surface area contributed by atoms with E-state index in [0.717, 1.165) is 16.0 Å². The molecule has 0 aliphatic rings. The number of aromatic nitrogens is 2. The van der Waals surface area contributed by atoms with Crippen LogP contribution in [0.4, 0.5) is 0 Å². The van der Waals surface area contributed by atoms with Gasteiger partial charge in [-0.25, -0.2) is 0 Å². The normalized spacial score (nSPS) is 13.2. The highest BCUT2D eigenvalue weighted by Crippen LogP contribution is 2.35. The molecule has 0 aliphatic heterocycles. The number of hydrogen-bond donors (Lipinski definition) is 1. The Morgan fingerprint density at radius 3 is 2.74 bits per heavy atom. The van der Waals surface area contributed by atoms with Gasteiger partial charge < -0.3 is 5.32 Å². The predicted molar refractivity (Wildman–Crippen MR) is 85.2 cm³/mol. The van der Waals surface area contributed by atoms with Crippen LogP contribution in [-0.2, 0) is 0 Å². The van der Waals surface area contributed by atoms with Crippen LogP contribution in [0.1, 0.15) is 43.4 Å². The minimum absolute atomic E-state index is 0.0821. The predicted octanol–water partition coefficient (Wildman–Crippen LogP) is 4.64. The Balaban J connectivity index is 2.47. The van der Waals surface area contributed by atoms with Crippen LogP contribution in [0.2, 0.25) is 5.02 Å². The first kappa shape index (κ1) is 15.0. The van der Waals surface area contributed by atoms with E-state index in [2.05, 4.69) is 59.2 Å². The molecule has 0 saturated heterocycles. The van der Waals surface area contributed by atoms with Gasteiger partial charge in [0.25, 0.3) is 0 Å². The monoisotopic (exact) mass is 361 g/mol. The number of nitrogens with zero attached hydrogens (tertiary/aromatic N) is 2. The topological polar surface area (TPSA) is 29.9 Å². The minimum Gasteiger partial charge on any atom is -0.305 e. The van der Waals surface area contributed by atoms with Crippen molar-refractivity contribution in [1.82, 2.24) is 15.1 Å². The first-order chi connectivity index (χ1) is 9.04. The molecule has 2 heterocycles. The zero-order chi connectivity index (χ0) is 14.0. The summed E-state index contributed by atoms with van der Waals surface area (Å²) in [4.78, 5) is 1.23. The molecule has 0 radical (unpaired) electrons. The molecule has 1 unspecified atom stereocenters. The summed E-state index contributed by atoms with van der Waals surface area (Å²) >= 11 is 11.6. The molecule has 0 amide bonds. The van der Waals surface area contributed by atoms with Crippen molar-refractivity contribution < 1.29 is 0 Å². The fraction of sp³-hybridized carbons (Fsp3) is 0.462. The average molecular weight is 363 g/mol. The number of nitrogens with one attached hydrogen (secondary N) is 1. The molecule has 0 saturated carbocycles. The van der Waals surface area contributed by atoms with Crippen molar-refractivity contribution in [2.24, 2.45) is 0 Å². The van der Waals surface area contributed by atoms with E-state index in [1.54, 1.807) is 17.5 Å². The fourth-order valence-electron chi connectivity index (χ4n) is 2.05. The van der Waals surface area contributed by atoms with Gasteiger partial charge in [0.15, 0.2) is 0 Å². The van der Waals surface area contributed by atoms with Gasteiger partial charge in [-0.05, 0) is 48.5 Å². The van der Waals surface area contributed by atoms with Gasteiger partial charge in [0.1, 0.15) is 0 Å². The van der Waals surface area contributed by atoms with Crippen molar-refractivity contribution >= 4 is 38.9 Å². The number of halogens is 2. The smallest absolute Gasteiger partial charge is 0.0857 e. The summed E-state index contributed by atoms with van der Waals surface area (Å²) in [5.41, 5.74) is 1.04. The maximum Gasteiger partial charge on any atom is 0.0857 e. The second-order valence-electron chi connectivity index (χ2n) is 4.55. The average Bonchev–Trinajstić information content (AvgIpc) is 2.93. The van der Waals surface area contributed by atoms with E-state index < -0.39 is 0 Å². The second-order valence-corrected chi connectivity index (χ2v) is 7.45. The van der Waals surface area contributed by atoms with Gasteiger partial charge in [0.05, 0.1) is 26.7 Å². The van der Waals surface area contributed by atoms with Crippen molar-refractivity contribution in [3.05, 3.63) is 37.7 Å². The summed E-state index contributed by atoms with van der Waals surface area (Å²) in [6.45, 7) is 7.19. The SMILES string of the molecule is CCNC(c1ccc(Br)s1)c1c(Cl)cnn1C(C)C. The van der Waals surface area contributed by atoms with Crippen LogP contribution in [0.3, 0.4) is 0 Å². The van der Waals surface area contributed by atoms with Gasteiger partial charge in [0.2, 0.25) is 0 Å². The Hall–Kier alpha value is -0.360. The Morgan fingerprint density at radius 1 is 1.47 bits per heavy atom. The van der Waals surface area contributed by atoms with Gasteiger partial charge in [-0.15, -0.1) is 11.3 Å². The molecule has 0 spiro atoms. The van der Waals surface area contributed by atoms with E-state index >= 15 is 0 Å². The van der Waals surface area contributed by atoms with Crippen LogP contribution < -0.4 is 5.32 Å². The molecule has 2 aromatic rings. The summed E-state index contributed by atoms with van der Waals surface area (Å²) in [6, 6.07) is 4.55. The molecule has 1 atom stereocenters. The highest BCUT2D eigenvalue weighted by Gasteiger charge is 2.23. The fourth-order valence-corrected chi connectivity index (χ4v) is 3.79. The molecule has 2 aromatic heterocycles. The zero-order valence-corrected chi connectivity index (χ0v) is 14.3. The van der Waals surface area contributed by atoms with Crippen LogP contribution in [0.5, 0.6) is 0 Å². The third-order valence-corrected chi connectivity index (χ3v) is 4.82. The van der Waals surface area contributed by atoms with Crippen molar-refractivity contribution in [1.29, 1.82) is 0 Å². The van der Waals surface area contributed by atoms with E-state index in [0.29, 0.717) is 5.02 Å². The van der Waals surface area contributed by atoms with Gasteiger partial charge in [0, 0.05) is 10.9 Å². The van der Waals surface area contributed by atoms with Crippen molar-refractivity contribution in [3.8, 4) is 0 Å². The molecule has 0 aliphatic carbocycles. The molecule has 3 nitrogen and oxygen atoms in total. The Labute approximate surface area is 131 Å². The van der Waals surface area contributed by atoms with Crippen LogP contribution in [-0.4, -0.2) is 16.3 Å².